The second-order valence-corrected chi connectivity index (χ2v) is 6.96. The molecule has 0 saturated heterocycles. The Hall–Kier alpha value is -2.44. The minimum atomic E-state index is -0.778. The standard InChI is InChI=1S/C20H23Cl2N3O3/c1-3-13(2)14-4-6-17(7-5-14)27-8-9-28-19-15(12-24-25-20(23)26)10-16(21)11-18(19)22/h4-7,10-13H,3,8-9H2,1-2H3,(H3,23,25,26). The molecule has 2 aromatic carbocycles. The molecule has 0 aliphatic rings. The Morgan fingerprint density at radius 2 is 1.89 bits per heavy atom. The summed E-state index contributed by atoms with van der Waals surface area (Å²) >= 11 is 12.2. The predicted molar refractivity (Wildman–Crippen MR) is 113 cm³/mol. The molecule has 0 aliphatic heterocycles. The van der Waals surface area contributed by atoms with Crippen molar-refractivity contribution in [3.8, 4) is 11.5 Å². The summed E-state index contributed by atoms with van der Waals surface area (Å²) in [4.78, 5) is 10.7. The first-order valence-corrected chi connectivity index (χ1v) is 9.59. The van der Waals surface area contributed by atoms with E-state index in [4.69, 9.17) is 38.4 Å². The summed E-state index contributed by atoms with van der Waals surface area (Å²) in [6, 6.07) is 10.4. The van der Waals surface area contributed by atoms with E-state index in [0.717, 1.165) is 12.2 Å². The van der Waals surface area contributed by atoms with Crippen LogP contribution < -0.4 is 20.6 Å². The minimum Gasteiger partial charge on any atom is -0.490 e. The third kappa shape index (κ3) is 6.62. The van der Waals surface area contributed by atoms with Crippen LogP contribution in [0.1, 0.15) is 37.3 Å². The zero-order valence-corrected chi connectivity index (χ0v) is 17.3. The molecule has 8 heteroatoms. The number of rotatable bonds is 9. The highest BCUT2D eigenvalue weighted by molar-refractivity contribution is 6.36. The van der Waals surface area contributed by atoms with Gasteiger partial charge in [0.05, 0.1) is 11.2 Å². The molecule has 1 unspecified atom stereocenters. The van der Waals surface area contributed by atoms with E-state index >= 15 is 0 Å². The average Bonchev–Trinajstić information content (AvgIpc) is 2.66. The highest BCUT2D eigenvalue weighted by Gasteiger charge is 2.10. The van der Waals surface area contributed by atoms with Gasteiger partial charge in [-0.05, 0) is 42.2 Å². The van der Waals surface area contributed by atoms with Crippen LogP contribution in [0.5, 0.6) is 11.5 Å². The number of benzene rings is 2. The highest BCUT2D eigenvalue weighted by Crippen LogP contribution is 2.31. The molecule has 2 aromatic rings. The van der Waals surface area contributed by atoms with Crippen molar-refractivity contribution in [2.75, 3.05) is 13.2 Å². The number of ether oxygens (including phenoxy) is 2. The van der Waals surface area contributed by atoms with E-state index in [2.05, 4.69) is 36.5 Å². The van der Waals surface area contributed by atoms with Crippen molar-refractivity contribution in [3.63, 3.8) is 0 Å². The molecule has 1 atom stereocenters. The zero-order chi connectivity index (χ0) is 20.5. The topological polar surface area (TPSA) is 85.9 Å². The molecule has 0 heterocycles. The Morgan fingerprint density at radius 1 is 1.21 bits per heavy atom. The van der Waals surface area contributed by atoms with Crippen LogP contribution in [0, 0.1) is 0 Å². The molecule has 150 valence electrons. The monoisotopic (exact) mass is 423 g/mol. The van der Waals surface area contributed by atoms with Crippen LogP contribution in [0.4, 0.5) is 4.79 Å². The summed E-state index contributed by atoms with van der Waals surface area (Å²) in [6.45, 7) is 4.95. The summed E-state index contributed by atoms with van der Waals surface area (Å²) in [5, 5.41) is 4.45. The largest absolute Gasteiger partial charge is 0.490 e. The van der Waals surface area contributed by atoms with Gasteiger partial charge in [-0.1, -0.05) is 49.2 Å². The van der Waals surface area contributed by atoms with E-state index in [1.165, 1.54) is 11.8 Å². The van der Waals surface area contributed by atoms with Gasteiger partial charge in [-0.15, -0.1) is 0 Å². The Labute approximate surface area is 174 Å². The summed E-state index contributed by atoms with van der Waals surface area (Å²) in [7, 11) is 0. The van der Waals surface area contributed by atoms with Gasteiger partial charge in [-0.25, -0.2) is 10.2 Å². The van der Waals surface area contributed by atoms with Crippen LogP contribution >= 0.6 is 23.2 Å². The van der Waals surface area contributed by atoms with Crippen molar-refractivity contribution in [3.05, 3.63) is 57.6 Å². The lowest BCUT2D eigenvalue weighted by molar-refractivity contribution is 0.217. The molecule has 6 nitrogen and oxygen atoms in total. The maximum absolute atomic E-state index is 10.7. The van der Waals surface area contributed by atoms with Crippen molar-refractivity contribution in [2.24, 2.45) is 10.8 Å². The third-order valence-electron chi connectivity index (χ3n) is 4.08. The van der Waals surface area contributed by atoms with Gasteiger partial charge in [0.15, 0.2) is 0 Å². The maximum Gasteiger partial charge on any atom is 0.332 e. The second kappa shape index (κ2) is 10.8. The van der Waals surface area contributed by atoms with E-state index in [1.54, 1.807) is 12.1 Å². The fourth-order valence-corrected chi connectivity index (χ4v) is 2.99. The predicted octanol–water partition coefficient (Wildman–Crippen LogP) is 4.97. The van der Waals surface area contributed by atoms with Crippen LogP contribution in [0.25, 0.3) is 0 Å². The summed E-state index contributed by atoms with van der Waals surface area (Å²) in [5.41, 5.74) is 8.87. The molecule has 0 spiro atoms. The number of carbonyl (C=O) groups is 1. The number of nitrogens with two attached hydrogens (primary N) is 1. The van der Waals surface area contributed by atoms with Crippen molar-refractivity contribution in [2.45, 2.75) is 26.2 Å². The quantitative estimate of drug-likeness (QED) is 0.339. The van der Waals surface area contributed by atoms with Crippen molar-refractivity contribution in [1.82, 2.24) is 5.43 Å². The lowest BCUT2D eigenvalue weighted by Gasteiger charge is -2.13. The number of nitrogens with one attached hydrogen (secondary N) is 1. The zero-order valence-electron chi connectivity index (χ0n) is 15.7. The number of nitrogens with zero attached hydrogens (tertiary/aromatic N) is 1. The summed E-state index contributed by atoms with van der Waals surface area (Å²) in [6.07, 6.45) is 2.45. The minimum absolute atomic E-state index is 0.262. The van der Waals surface area contributed by atoms with Crippen LogP contribution in [-0.2, 0) is 0 Å². The van der Waals surface area contributed by atoms with E-state index in [9.17, 15) is 4.79 Å². The molecule has 0 fully saturated rings. The van der Waals surface area contributed by atoms with Gasteiger partial charge in [-0.2, -0.15) is 5.10 Å². The van der Waals surface area contributed by atoms with E-state index < -0.39 is 6.03 Å². The van der Waals surface area contributed by atoms with Gasteiger partial charge in [0.1, 0.15) is 24.7 Å². The lowest BCUT2D eigenvalue weighted by atomic mass is 9.99. The summed E-state index contributed by atoms with van der Waals surface area (Å²) in [5.74, 6) is 1.68. The Balaban J connectivity index is 1.95. The van der Waals surface area contributed by atoms with Crippen molar-refractivity contribution in [1.29, 1.82) is 0 Å². The smallest absolute Gasteiger partial charge is 0.332 e. The Bertz CT molecular complexity index is 826. The SMILES string of the molecule is CCC(C)c1ccc(OCCOc2c(Cl)cc(Cl)cc2C=NNC(N)=O)cc1. The Morgan fingerprint density at radius 3 is 2.54 bits per heavy atom. The molecule has 2 rings (SSSR count). The first-order chi connectivity index (χ1) is 13.4. The van der Waals surface area contributed by atoms with Gasteiger partial charge < -0.3 is 15.2 Å². The highest BCUT2D eigenvalue weighted by atomic mass is 35.5. The van der Waals surface area contributed by atoms with Crippen LogP contribution in [0.3, 0.4) is 0 Å². The maximum atomic E-state index is 10.7. The summed E-state index contributed by atoms with van der Waals surface area (Å²) < 4.78 is 11.4. The van der Waals surface area contributed by atoms with Gasteiger partial charge >= 0.3 is 6.03 Å². The fraction of sp³-hybridized carbons (Fsp3) is 0.300. The second-order valence-electron chi connectivity index (χ2n) is 6.12. The van der Waals surface area contributed by atoms with Crippen LogP contribution in [0.2, 0.25) is 10.0 Å². The van der Waals surface area contributed by atoms with Gasteiger partial charge in [-0.3, -0.25) is 0 Å². The first-order valence-electron chi connectivity index (χ1n) is 8.83. The number of amides is 2. The fourth-order valence-electron chi connectivity index (χ4n) is 2.43. The molecule has 0 aromatic heterocycles. The molecular formula is C20H23Cl2N3O3. The first kappa shape index (κ1) is 21.9. The van der Waals surface area contributed by atoms with Gasteiger partial charge in [0.25, 0.3) is 0 Å². The molecule has 0 saturated carbocycles. The number of urea groups is 1. The van der Waals surface area contributed by atoms with Crippen molar-refractivity contribution >= 4 is 35.4 Å². The molecule has 0 bridgehead atoms. The van der Waals surface area contributed by atoms with Gasteiger partial charge in [0, 0.05) is 10.6 Å². The van der Waals surface area contributed by atoms with E-state index in [-0.39, 0.29) is 6.61 Å². The molecule has 0 radical (unpaired) electrons. The average molecular weight is 424 g/mol. The number of carbonyl (C=O) groups excluding carboxylic acids is 1. The van der Waals surface area contributed by atoms with E-state index in [1.807, 2.05) is 12.1 Å². The van der Waals surface area contributed by atoms with Crippen LogP contribution in [-0.4, -0.2) is 25.5 Å². The molecule has 28 heavy (non-hydrogen) atoms. The number of halogens is 2. The number of hydrogen-bond acceptors (Lipinski definition) is 4. The third-order valence-corrected chi connectivity index (χ3v) is 4.57. The van der Waals surface area contributed by atoms with Crippen LogP contribution in [0.15, 0.2) is 41.5 Å². The number of primary amides is 1. The molecular weight excluding hydrogens is 401 g/mol. The molecule has 0 aliphatic carbocycles. The van der Waals surface area contributed by atoms with Gasteiger partial charge in [0.2, 0.25) is 0 Å². The lowest BCUT2D eigenvalue weighted by Crippen LogP contribution is -2.24. The molecule has 2 amide bonds. The van der Waals surface area contributed by atoms with Crippen molar-refractivity contribution < 1.29 is 14.3 Å². The Kier molecular flexibility index (Phi) is 8.42. The molecule has 3 N–H and O–H groups in total. The number of hydrogen-bond donors (Lipinski definition) is 2. The van der Waals surface area contributed by atoms with E-state index in [0.29, 0.717) is 33.9 Å². The number of hydrazone groups is 1. The normalized spacial score (nSPS) is 12.0.